The number of nitrogens with one attached hydrogen (secondary N) is 1. The first kappa shape index (κ1) is 25.5. The molecule has 23 heavy (non-hydrogen) atoms. The Morgan fingerprint density at radius 1 is 0.609 bits per heavy atom. The lowest BCUT2D eigenvalue weighted by atomic mass is 10.0. The maximum atomic E-state index is 9.07. The molecule has 0 aliphatic carbocycles. The minimum absolute atomic E-state index is 0. The first-order valence-corrected chi connectivity index (χ1v) is 10.2. The van der Waals surface area contributed by atoms with Gasteiger partial charge in [-0.3, -0.25) is 5.32 Å². The van der Waals surface area contributed by atoms with E-state index >= 15 is 0 Å². The molecule has 0 spiro atoms. The second-order valence-electron chi connectivity index (χ2n) is 6.93. The van der Waals surface area contributed by atoms with Crippen LogP contribution in [-0.2, 0) is 0 Å². The SMILES string of the molecule is CCCCCCCCCCCCCCCCCCNC(C)O.Cl. The second-order valence-corrected chi connectivity index (χ2v) is 6.93. The van der Waals surface area contributed by atoms with Crippen molar-refractivity contribution >= 4 is 12.4 Å². The predicted octanol–water partition coefficient (Wildman–Crippen LogP) is 6.60. The van der Waals surface area contributed by atoms with E-state index in [1.54, 1.807) is 6.92 Å². The Bertz CT molecular complexity index is 200. The maximum absolute atomic E-state index is 9.07. The Morgan fingerprint density at radius 3 is 1.22 bits per heavy atom. The van der Waals surface area contributed by atoms with Crippen molar-refractivity contribution in [3.8, 4) is 0 Å². The van der Waals surface area contributed by atoms with Gasteiger partial charge in [-0.05, 0) is 19.9 Å². The molecule has 0 amide bonds. The fraction of sp³-hybridized carbons (Fsp3) is 1.00. The first-order chi connectivity index (χ1) is 10.8. The summed E-state index contributed by atoms with van der Waals surface area (Å²) >= 11 is 0. The lowest BCUT2D eigenvalue weighted by Crippen LogP contribution is -2.26. The first-order valence-electron chi connectivity index (χ1n) is 10.2. The molecule has 0 saturated carbocycles. The standard InChI is InChI=1S/C20H43NO.ClH/c1-3-4-5-6-7-8-9-10-11-12-13-14-15-16-17-18-19-21-20(2)22;/h20-22H,3-19H2,1-2H3;1H. The molecule has 0 rings (SSSR count). The van der Waals surface area contributed by atoms with Gasteiger partial charge in [-0.15, -0.1) is 12.4 Å². The van der Waals surface area contributed by atoms with Gasteiger partial charge in [0.15, 0.2) is 0 Å². The van der Waals surface area contributed by atoms with E-state index in [0.29, 0.717) is 0 Å². The largest absolute Gasteiger partial charge is 0.379 e. The average molecular weight is 350 g/mol. The van der Waals surface area contributed by atoms with Gasteiger partial charge in [0.2, 0.25) is 0 Å². The molecule has 0 aliphatic rings. The summed E-state index contributed by atoms with van der Waals surface area (Å²) in [6.45, 7) is 5.03. The van der Waals surface area contributed by atoms with Gasteiger partial charge in [0.05, 0.1) is 0 Å². The number of aliphatic hydroxyl groups is 1. The summed E-state index contributed by atoms with van der Waals surface area (Å²) in [5, 5.41) is 12.1. The zero-order chi connectivity index (χ0) is 16.3. The summed E-state index contributed by atoms with van der Waals surface area (Å²) in [6, 6.07) is 0. The van der Waals surface area contributed by atoms with Crippen LogP contribution >= 0.6 is 12.4 Å². The van der Waals surface area contributed by atoms with Crippen molar-refractivity contribution in [1.29, 1.82) is 0 Å². The average Bonchev–Trinajstić information content (AvgIpc) is 2.50. The van der Waals surface area contributed by atoms with E-state index in [4.69, 9.17) is 5.11 Å². The van der Waals surface area contributed by atoms with Crippen molar-refractivity contribution in [2.45, 2.75) is 123 Å². The molecular formula is C20H44ClNO. The van der Waals surface area contributed by atoms with E-state index in [0.717, 1.165) is 6.54 Å². The lowest BCUT2D eigenvalue weighted by molar-refractivity contribution is 0.156. The van der Waals surface area contributed by atoms with Crippen molar-refractivity contribution < 1.29 is 5.11 Å². The van der Waals surface area contributed by atoms with E-state index in [-0.39, 0.29) is 18.6 Å². The van der Waals surface area contributed by atoms with Crippen LogP contribution in [-0.4, -0.2) is 17.9 Å². The molecule has 3 heteroatoms. The highest BCUT2D eigenvalue weighted by Gasteiger charge is 1.95. The predicted molar refractivity (Wildman–Crippen MR) is 106 cm³/mol. The normalized spacial score (nSPS) is 12.1. The quantitative estimate of drug-likeness (QED) is 0.216. The summed E-state index contributed by atoms with van der Waals surface area (Å²) in [5.74, 6) is 0. The molecule has 0 heterocycles. The van der Waals surface area contributed by atoms with Crippen LogP contribution in [0.15, 0.2) is 0 Å². The van der Waals surface area contributed by atoms with Gasteiger partial charge in [-0.25, -0.2) is 0 Å². The highest BCUT2D eigenvalue weighted by molar-refractivity contribution is 5.85. The van der Waals surface area contributed by atoms with Crippen LogP contribution < -0.4 is 5.32 Å². The molecule has 0 bridgehead atoms. The van der Waals surface area contributed by atoms with E-state index in [2.05, 4.69) is 12.2 Å². The third-order valence-corrected chi connectivity index (χ3v) is 4.47. The molecule has 142 valence electrons. The Balaban J connectivity index is 0. The molecule has 1 unspecified atom stereocenters. The van der Waals surface area contributed by atoms with E-state index in [9.17, 15) is 0 Å². The molecular weight excluding hydrogens is 306 g/mol. The molecule has 1 atom stereocenters. The minimum Gasteiger partial charge on any atom is -0.379 e. The van der Waals surface area contributed by atoms with Crippen molar-refractivity contribution in [2.24, 2.45) is 0 Å². The number of hydrogen-bond donors (Lipinski definition) is 2. The molecule has 0 aliphatic heterocycles. The second kappa shape index (κ2) is 22.2. The third kappa shape index (κ3) is 24.6. The van der Waals surface area contributed by atoms with E-state index in [1.807, 2.05) is 0 Å². The number of halogens is 1. The van der Waals surface area contributed by atoms with Gasteiger partial charge in [0, 0.05) is 0 Å². The van der Waals surface area contributed by atoms with Crippen LogP contribution in [0.25, 0.3) is 0 Å². The monoisotopic (exact) mass is 349 g/mol. The topological polar surface area (TPSA) is 32.3 Å². The lowest BCUT2D eigenvalue weighted by Gasteiger charge is -2.06. The molecule has 0 fully saturated rings. The van der Waals surface area contributed by atoms with E-state index in [1.165, 1.54) is 103 Å². The Morgan fingerprint density at radius 2 is 0.913 bits per heavy atom. The summed E-state index contributed by atoms with van der Waals surface area (Å²) in [4.78, 5) is 0. The van der Waals surface area contributed by atoms with Crippen molar-refractivity contribution in [3.05, 3.63) is 0 Å². The third-order valence-electron chi connectivity index (χ3n) is 4.47. The minimum atomic E-state index is -0.351. The zero-order valence-corrected chi connectivity index (χ0v) is 16.8. The van der Waals surface area contributed by atoms with Crippen molar-refractivity contribution in [1.82, 2.24) is 5.32 Å². The van der Waals surface area contributed by atoms with Crippen LogP contribution in [0, 0.1) is 0 Å². The number of rotatable bonds is 18. The van der Waals surface area contributed by atoms with Crippen molar-refractivity contribution in [3.63, 3.8) is 0 Å². The van der Waals surface area contributed by atoms with Crippen LogP contribution in [0.5, 0.6) is 0 Å². The summed E-state index contributed by atoms with van der Waals surface area (Å²) in [5.41, 5.74) is 0. The molecule has 0 aromatic heterocycles. The molecule has 0 aromatic rings. The smallest absolute Gasteiger partial charge is 0.102 e. The van der Waals surface area contributed by atoms with Crippen LogP contribution in [0.4, 0.5) is 0 Å². The van der Waals surface area contributed by atoms with Gasteiger partial charge < -0.3 is 5.11 Å². The Hall–Kier alpha value is 0.210. The molecule has 0 saturated heterocycles. The Labute approximate surface area is 152 Å². The van der Waals surface area contributed by atoms with Crippen LogP contribution in [0.3, 0.4) is 0 Å². The van der Waals surface area contributed by atoms with Gasteiger partial charge in [0.1, 0.15) is 6.23 Å². The number of unbranched alkanes of at least 4 members (excludes halogenated alkanes) is 15. The zero-order valence-electron chi connectivity index (χ0n) is 16.0. The van der Waals surface area contributed by atoms with Crippen LogP contribution in [0.1, 0.15) is 117 Å². The van der Waals surface area contributed by atoms with Gasteiger partial charge >= 0.3 is 0 Å². The summed E-state index contributed by atoms with van der Waals surface area (Å²) in [7, 11) is 0. The van der Waals surface area contributed by atoms with E-state index < -0.39 is 0 Å². The van der Waals surface area contributed by atoms with Gasteiger partial charge in [0.25, 0.3) is 0 Å². The number of hydrogen-bond acceptors (Lipinski definition) is 2. The highest BCUT2D eigenvalue weighted by atomic mass is 35.5. The fourth-order valence-electron chi connectivity index (χ4n) is 2.98. The maximum Gasteiger partial charge on any atom is 0.102 e. The Kier molecular flexibility index (Phi) is 24.6. The molecule has 2 nitrogen and oxygen atoms in total. The van der Waals surface area contributed by atoms with Gasteiger partial charge in [-0.1, -0.05) is 103 Å². The highest BCUT2D eigenvalue weighted by Crippen LogP contribution is 2.13. The molecule has 0 aromatic carbocycles. The number of aliphatic hydroxyl groups excluding tert-OH is 1. The summed E-state index contributed by atoms with van der Waals surface area (Å²) in [6.07, 6.45) is 22.2. The van der Waals surface area contributed by atoms with Gasteiger partial charge in [-0.2, -0.15) is 0 Å². The van der Waals surface area contributed by atoms with Crippen molar-refractivity contribution in [2.75, 3.05) is 6.54 Å². The van der Waals surface area contributed by atoms with Crippen LogP contribution in [0.2, 0.25) is 0 Å². The molecule has 0 radical (unpaired) electrons. The molecule has 2 N–H and O–H groups in total. The summed E-state index contributed by atoms with van der Waals surface area (Å²) < 4.78 is 0. The fourth-order valence-corrected chi connectivity index (χ4v) is 2.98.